The van der Waals surface area contributed by atoms with Crippen molar-refractivity contribution < 1.29 is 0 Å². The van der Waals surface area contributed by atoms with Gasteiger partial charge in [-0.3, -0.25) is 0 Å². The van der Waals surface area contributed by atoms with Crippen LogP contribution in [-0.4, -0.2) is 0 Å². The normalized spacial score (nSPS) is 12.6. The van der Waals surface area contributed by atoms with Gasteiger partial charge in [0.25, 0.3) is 0 Å². The molecule has 7 aromatic carbocycles. The molecule has 0 bridgehead atoms. The summed E-state index contributed by atoms with van der Waals surface area (Å²) in [6, 6.07) is 64.0. The molecule has 0 spiro atoms. The minimum atomic E-state index is -0.453. The standard InChI is InChI=1S/C45H36N2/c1-32-17-21-36(22-18-32)46-37-23-27-39(28-24-37)47(38-25-19-33(2)20-26-38)40-29-30-42-41-15-9-10-16-43(41)45(44(42)31-40,34-11-5-3-6-12-34)35-13-7-4-8-14-35/h3-31,46H,1-2H3. The van der Waals surface area contributed by atoms with Gasteiger partial charge in [-0.15, -0.1) is 0 Å². The lowest BCUT2D eigenvalue weighted by atomic mass is 9.67. The molecule has 2 heteroatoms. The van der Waals surface area contributed by atoms with Crippen LogP contribution in [0.1, 0.15) is 33.4 Å². The molecule has 0 unspecified atom stereocenters. The maximum Gasteiger partial charge on any atom is 0.0714 e. The Balaban J connectivity index is 1.31. The van der Waals surface area contributed by atoms with E-state index in [0.29, 0.717) is 0 Å². The predicted octanol–water partition coefficient (Wildman–Crippen LogP) is 11.9. The van der Waals surface area contributed by atoms with Crippen molar-refractivity contribution in [2.75, 3.05) is 10.2 Å². The fourth-order valence-electron chi connectivity index (χ4n) is 7.21. The molecule has 2 nitrogen and oxygen atoms in total. The highest BCUT2D eigenvalue weighted by molar-refractivity contribution is 5.89. The fourth-order valence-corrected chi connectivity index (χ4v) is 7.21. The molecule has 47 heavy (non-hydrogen) atoms. The third kappa shape index (κ3) is 4.99. The molecule has 8 rings (SSSR count). The van der Waals surface area contributed by atoms with Crippen LogP contribution in [0.4, 0.5) is 28.4 Å². The van der Waals surface area contributed by atoms with E-state index in [-0.39, 0.29) is 0 Å². The van der Waals surface area contributed by atoms with Crippen LogP contribution in [0, 0.1) is 13.8 Å². The Morgan fingerprint density at radius 1 is 0.404 bits per heavy atom. The number of hydrogen-bond acceptors (Lipinski definition) is 2. The Morgan fingerprint density at radius 2 is 0.851 bits per heavy atom. The molecular formula is C45H36N2. The minimum Gasteiger partial charge on any atom is -0.356 e. The zero-order valence-electron chi connectivity index (χ0n) is 26.7. The average Bonchev–Trinajstić information content (AvgIpc) is 3.42. The summed E-state index contributed by atoms with van der Waals surface area (Å²) in [5.41, 5.74) is 15.2. The fraction of sp³-hybridized carbons (Fsp3) is 0.0667. The molecular weight excluding hydrogens is 569 g/mol. The van der Waals surface area contributed by atoms with Gasteiger partial charge < -0.3 is 10.2 Å². The highest BCUT2D eigenvalue weighted by atomic mass is 15.1. The molecule has 1 aliphatic rings. The second-order valence-electron chi connectivity index (χ2n) is 12.5. The van der Waals surface area contributed by atoms with Crippen molar-refractivity contribution in [1.29, 1.82) is 0 Å². The molecule has 0 amide bonds. The molecule has 7 aromatic rings. The highest BCUT2D eigenvalue weighted by Crippen LogP contribution is 2.57. The largest absolute Gasteiger partial charge is 0.356 e. The van der Waals surface area contributed by atoms with Gasteiger partial charge in [-0.05, 0) is 108 Å². The maximum absolute atomic E-state index is 3.56. The summed E-state index contributed by atoms with van der Waals surface area (Å²) in [6.07, 6.45) is 0. The van der Waals surface area contributed by atoms with Crippen LogP contribution in [-0.2, 0) is 5.41 Å². The maximum atomic E-state index is 3.56. The highest BCUT2D eigenvalue weighted by Gasteiger charge is 2.46. The number of nitrogens with zero attached hydrogens (tertiary/aromatic N) is 1. The van der Waals surface area contributed by atoms with Crippen LogP contribution in [0.3, 0.4) is 0 Å². The van der Waals surface area contributed by atoms with Gasteiger partial charge in [0.15, 0.2) is 0 Å². The van der Waals surface area contributed by atoms with Crippen LogP contribution in [0.15, 0.2) is 176 Å². The number of aryl methyl sites for hydroxylation is 2. The van der Waals surface area contributed by atoms with E-state index in [0.717, 1.165) is 28.4 Å². The summed E-state index contributed by atoms with van der Waals surface area (Å²) in [6.45, 7) is 4.25. The molecule has 0 aliphatic heterocycles. The molecule has 0 saturated heterocycles. The van der Waals surface area contributed by atoms with E-state index in [9.17, 15) is 0 Å². The van der Waals surface area contributed by atoms with Gasteiger partial charge in [-0.25, -0.2) is 0 Å². The third-order valence-corrected chi connectivity index (χ3v) is 9.46. The number of nitrogens with one attached hydrogen (secondary N) is 1. The molecule has 1 N–H and O–H groups in total. The molecule has 0 atom stereocenters. The van der Waals surface area contributed by atoms with Crippen molar-refractivity contribution in [1.82, 2.24) is 0 Å². The summed E-state index contributed by atoms with van der Waals surface area (Å²) >= 11 is 0. The topological polar surface area (TPSA) is 15.3 Å². The monoisotopic (exact) mass is 604 g/mol. The first-order chi connectivity index (χ1) is 23.1. The second-order valence-corrected chi connectivity index (χ2v) is 12.5. The van der Waals surface area contributed by atoms with E-state index < -0.39 is 5.41 Å². The van der Waals surface area contributed by atoms with E-state index in [1.807, 2.05) is 0 Å². The summed E-state index contributed by atoms with van der Waals surface area (Å²) in [4.78, 5) is 2.37. The van der Waals surface area contributed by atoms with Crippen LogP contribution >= 0.6 is 0 Å². The van der Waals surface area contributed by atoms with Crippen LogP contribution in [0.25, 0.3) is 11.1 Å². The third-order valence-electron chi connectivity index (χ3n) is 9.46. The first-order valence-corrected chi connectivity index (χ1v) is 16.3. The SMILES string of the molecule is Cc1ccc(Nc2ccc(N(c3ccc(C)cc3)c3ccc4c(c3)C(c3ccccc3)(c3ccccc3)c3ccccc3-4)cc2)cc1. The van der Waals surface area contributed by atoms with Gasteiger partial charge in [0.05, 0.1) is 5.41 Å². The van der Waals surface area contributed by atoms with Crippen molar-refractivity contribution >= 4 is 28.4 Å². The molecule has 0 fully saturated rings. The van der Waals surface area contributed by atoms with Gasteiger partial charge in [0.1, 0.15) is 0 Å². The van der Waals surface area contributed by atoms with E-state index in [1.165, 1.54) is 44.5 Å². The Hall–Kier alpha value is -5.86. The van der Waals surface area contributed by atoms with E-state index in [4.69, 9.17) is 0 Å². The van der Waals surface area contributed by atoms with E-state index in [1.54, 1.807) is 0 Å². The summed E-state index contributed by atoms with van der Waals surface area (Å²) in [5.74, 6) is 0. The first-order valence-electron chi connectivity index (χ1n) is 16.3. The Labute approximate surface area is 277 Å². The van der Waals surface area contributed by atoms with Crippen LogP contribution in [0.2, 0.25) is 0 Å². The smallest absolute Gasteiger partial charge is 0.0714 e. The Morgan fingerprint density at radius 3 is 1.45 bits per heavy atom. The van der Waals surface area contributed by atoms with Gasteiger partial charge in [0.2, 0.25) is 0 Å². The Kier molecular flexibility index (Phi) is 7.19. The lowest BCUT2D eigenvalue weighted by Gasteiger charge is -2.35. The lowest BCUT2D eigenvalue weighted by molar-refractivity contribution is 0.768. The lowest BCUT2D eigenvalue weighted by Crippen LogP contribution is -2.28. The number of rotatable bonds is 7. The average molecular weight is 605 g/mol. The van der Waals surface area contributed by atoms with Gasteiger partial charge >= 0.3 is 0 Å². The van der Waals surface area contributed by atoms with Gasteiger partial charge in [-0.1, -0.05) is 126 Å². The van der Waals surface area contributed by atoms with Gasteiger partial charge in [-0.2, -0.15) is 0 Å². The van der Waals surface area contributed by atoms with Crippen molar-refractivity contribution in [3.8, 4) is 11.1 Å². The molecule has 0 saturated carbocycles. The molecule has 0 aromatic heterocycles. The summed E-state index contributed by atoms with van der Waals surface area (Å²) in [5, 5.41) is 3.56. The molecule has 1 aliphatic carbocycles. The number of anilines is 5. The zero-order valence-corrected chi connectivity index (χ0v) is 26.7. The second kappa shape index (κ2) is 11.8. The van der Waals surface area contributed by atoms with Crippen molar-refractivity contribution in [2.45, 2.75) is 19.3 Å². The van der Waals surface area contributed by atoms with Gasteiger partial charge in [0, 0.05) is 28.4 Å². The van der Waals surface area contributed by atoms with Crippen molar-refractivity contribution in [3.05, 3.63) is 209 Å². The predicted molar refractivity (Wildman–Crippen MR) is 198 cm³/mol. The van der Waals surface area contributed by atoms with Crippen LogP contribution < -0.4 is 10.2 Å². The molecule has 0 radical (unpaired) electrons. The number of benzene rings is 7. The van der Waals surface area contributed by atoms with E-state index >= 15 is 0 Å². The quantitative estimate of drug-likeness (QED) is 0.195. The number of fused-ring (bicyclic) bond motifs is 3. The first kappa shape index (κ1) is 28.6. The molecule has 226 valence electrons. The van der Waals surface area contributed by atoms with Crippen molar-refractivity contribution in [3.63, 3.8) is 0 Å². The Bertz CT molecular complexity index is 2110. The molecule has 0 heterocycles. The van der Waals surface area contributed by atoms with E-state index in [2.05, 4.69) is 200 Å². The van der Waals surface area contributed by atoms with Crippen molar-refractivity contribution in [2.24, 2.45) is 0 Å². The zero-order chi connectivity index (χ0) is 31.8. The minimum absolute atomic E-state index is 0.453. The summed E-state index contributed by atoms with van der Waals surface area (Å²) in [7, 11) is 0. The number of hydrogen-bond donors (Lipinski definition) is 1. The summed E-state index contributed by atoms with van der Waals surface area (Å²) < 4.78 is 0. The van der Waals surface area contributed by atoms with Crippen LogP contribution in [0.5, 0.6) is 0 Å².